The number of hydrogen-bond acceptors (Lipinski definition) is 2. The van der Waals surface area contributed by atoms with Crippen LogP contribution in [0.2, 0.25) is 0 Å². The molecule has 0 spiro atoms. The van der Waals surface area contributed by atoms with Crippen LogP contribution < -0.4 is 10.1 Å². The van der Waals surface area contributed by atoms with Crippen LogP contribution in [0.3, 0.4) is 0 Å². The summed E-state index contributed by atoms with van der Waals surface area (Å²) in [7, 11) is 1.63. The molecule has 1 N–H and O–H groups in total. The Kier molecular flexibility index (Phi) is 4.93. The van der Waals surface area contributed by atoms with Crippen molar-refractivity contribution in [2.24, 2.45) is 0 Å². The van der Waals surface area contributed by atoms with Crippen LogP contribution in [0.4, 0.5) is 4.39 Å². The molecule has 0 bridgehead atoms. The van der Waals surface area contributed by atoms with Gasteiger partial charge in [-0.1, -0.05) is 12.1 Å². The molecule has 2 aromatic carbocycles. The summed E-state index contributed by atoms with van der Waals surface area (Å²) in [5.41, 5.74) is 2.26. The lowest BCUT2D eigenvalue weighted by molar-refractivity contribution is 0.0953. The quantitative estimate of drug-likeness (QED) is 0.917. The van der Waals surface area contributed by atoms with E-state index in [1.54, 1.807) is 14.0 Å². The number of halogens is 1. The van der Waals surface area contributed by atoms with E-state index in [9.17, 15) is 9.18 Å². The van der Waals surface area contributed by atoms with Crippen LogP contribution >= 0.6 is 0 Å². The van der Waals surface area contributed by atoms with Gasteiger partial charge >= 0.3 is 0 Å². The molecule has 4 heteroatoms. The molecule has 0 atom stereocenters. The number of rotatable bonds is 5. The number of benzene rings is 2. The van der Waals surface area contributed by atoms with Crippen LogP contribution in [-0.2, 0) is 6.42 Å². The van der Waals surface area contributed by atoms with Crippen molar-refractivity contribution in [2.45, 2.75) is 13.3 Å². The molecular weight excluding hydrogens is 269 g/mol. The van der Waals surface area contributed by atoms with E-state index >= 15 is 0 Å². The number of carbonyl (C=O) groups is 1. The Hall–Kier alpha value is -2.36. The Morgan fingerprint density at radius 1 is 1.19 bits per heavy atom. The third-order valence-electron chi connectivity index (χ3n) is 3.29. The van der Waals surface area contributed by atoms with Gasteiger partial charge in [-0.2, -0.15) is 0 Å². The van der Waals surface area contributed by atoms with Gasteiger partial charge in [0.25, 0.3) is 5.91 Å². The molecule has 0 radical (unpaired) electrons. The molecule has 0 unspecified atom stereocenters. The van der Waals surface area contributed by atoms with Crippen molar-refractivity contribution in [1.82, 2.24) is 5.32 Å². The summed E-state index contributed by atoms with van der Waals surface area (Å²) < 4.78 is 18.1. The van der Waals surface area contributed by atoms with Crippen LogP contribution in [0.15, 0.2) is 42.5 Å². The Morgan fingerprint density at radius 3 is 2.52 bits per heavy atom. The van der Waals surface area contributed by atoms with Crippen LogP contribution in [-0.4, -0.2) is 19.6 Å². The summed E-state index contributed by atoms with van der Waals surface area (Å²) in [5.74, 6) is 0.299. The number of ether oxygens (including phenoxy) is 1. The Labute approximate surface area is 123 Å². The minimum absolute atomic E-state index is 0.180. The van der Waals surface area contributed by atoms with Crippen molar-refractivity contribution in [3.63, 3.8) is 0 Å². The molecule has 2 rings (SSSR count). The lowest BCUT2D eigenvalue weighted by Crippen LogP contribution is -2.26. The third-order valence-corrected chi connectivity index (χ3v) is 3.29. The molecule has 0 aliphatic rings. The minimum Gasteiger partial charge on any atom is -0.497 e. The van der Waals surface area contributed by atoms with Gasteiger partial charge in [-0.25, -0.2) is 4.39 Å². The van der Waals surface area contributed by atoms with Gasteiger partial charge in [-0.15, -0.1) is 0 Å². The fraction of sp³-hybridized carbons (Fsp3) is 0.235. The van der Waals surface area contributed by atoms with E-state index in [0.717, 1.165) is 17.7 Å². The zero-order valence-corrected chi connectivity index (χ0v) is 12.2. The van der Waals surface area contributed by atoms with Crippen LogP contribution in [0.5, 0.6) is 5.75 Å². The van der Waals surface area contributed by atoms with Gasteiger partial charge in [0.1, 0.15) is 11.6 Å². The van der Waals surface area contributed by atoms with E-state index in [1.165, 1.54) is 18.2 Å². The number of amides is 1. The maximum Gasteiger partial charge on any atom is 0.251 e. The minimum atomic E-state index is -0.331. The van der Waals surface area contributed by atoms with E-state index in [2.05, 4.69) is 5.32 Å². The van der Waals surface area contributed by atoms with Crippen molar-refractivity contribution in [3.8, 4) is 5.75 Å². The first-order chi connectivity index (χ1) is 10.1. The van der Waals surface area contributed by atoms with Crippen molar-refractivity contribution in [2.75, 3.05) is 13.7 Å². The summed E-state index contributed by atoms with van der Waals surface area (Å²) >= 11 is 0. The fourth-order valence-corrected chi connectivity index (χ4v) is 2.09. The van der Waals surface area contributed by atoms with Crippen molar-refractivity contribution < 1.29 is 13.9 Å². The second-order valence-electron chi connectivity index (χ2n) is 4.81. The maximum absolute atomic E-state index is 13.0. The van der Waals surface area contributed by atoms with Gasteiger partial charge < -0.3 is 10.1 Å². The zero-order valence-electron chi connectivity index (χ0n) is 12.2. The van der Waals surface area contributed by atoms with Gasteiger partial charge in [-0.05, 0) is 54.8 Å². The molecule has 0 saturated carbocycles. The summed E-state index contributed by atoms with van der Waals surface area (Å²) in [6.07, 6.45) is 0.732. The standard InChI is InChI=1S/C17H18FNO2/c1-12-11-14(18)5-8-16(12)17(20)19-10-9-13-3-6-15(21-2)7-4-13/h3-8,11H,9-10H2,1-2H3,(H,19,20). The van der Waals surface area contributed by atoms with Gasteiger partial charge in [0, 0.05) is 12.1 Å². The molecule has 0 fully saturated rings. The lowest BCUT2D eigenvalue weighted by Gasteiger charge is -2.08. The lowest BCUT2D eigenvalue weighted by atomic mass is 10.1. The SMILES string of the molecule is COc1ccc(CCNC(=O)c2ccc(F)cc2C)cc1. The van der Waals surface area contributed by atoms with Crippen molar-refractivity contribution >= 4 is 5.91 Å². The number of hydrogen-bond donors (Lipinski definition) is 1. The molecule has 2 aromatic rings. The van der Waals surface area contributed by atoms with E-state index < -0.39 is 0 Å². The normalized spacial score (nSPS) is 10.2. The number of aryl methyl sites for hydroxylation is 1. The molecule has 21 heavy (non-hydrogen) atoms. The first kappa shape index (κ1) is 15.0. The largest absolute Gasteiger partial charge is 0.497 e. The van der Waals surface area contributed by atoms with E-state index in [4.69, 9.17) is 4.74 Å². The van der Waals surface area contributed by atoms with E-state index in [1.807, 2.05) is 24.3 Å². The highest BCUT2D eigenvalue weighted by Gasteiger charge is 2.08. The molecule has 0 aliphatic carbocycles. The number of nitrogens with one attached hydrogen (secondary N) is 1. The monoisotopic (exact) mass is 287 g/mol. The average Bonchev–Trinajstić information content (AvgIpc) is 2.47. The Bertz CT molecular complexity index is 623. The topological polar surface area (TPSA) is 38.3 Å². The van der Waals surface area contributed by atoms with Crippen molar-refractivity contribution in [1.29, 1.82) is 0 Å². The zero-order chi connectivity index (χ0) is 15.2. The van der Waals surface area contributed by atoms with Crippen LogP contribution in [0, 0.1) is 12.7 Å². The van der Waals surface area contributed by atoms with Gasteiger partial charge in [0.2, 0.25) is 0 Å². The highest BCUT2D eigenvalue weighted by atomic mass is 19.1. The highest BCUT2D eigenvalue weighted by Crippen LogP contribution is 2.12. The molecule has 0 heterocycles. The second kappa shape index (κ2) is 6.88. The van der Waals surface area contributed by atoms with Gasteiger partial charge in [0.05, 0.1) is 7.11 Å². The van der Waals surface area contributed by atoms with Gasteiger partial charge in [0.15, 0.2) is 0 Å². The average molecular weight is 287 g/mol. The first-order valence-electron chi connectivity index (χ1n) is 6.77. The summed E-state index contributed by atoms with van der Waals surface area (Å²) in [6, 6.07) is 11.9. The molecule has 3 nitrogen and oxygen atoms in total. The smallest absolute Gasteiger partial charge is 0.251 e. The Balaban J connectivity index is 1.88. The molecule has 110 valence electrons. The Morgan fingerprint density at radius 2 is 1.90 bits per heavy atom. The molecular formula is C17H18FNO2. The maximum atomic E-state index is 13.0. The number of methoxy groups -OCH3 is 1. The second-order valence-corrected chi connectivity index (χ2v) is 4.81. The van der Waals surface area contributed by atoms with Gasteiger partial charge in [-0.3, -0.25) is 4.79 Å². The third kappa shape index (κ3) is 4.05. The summed E-state index contributed by atoms with van der Waals surface area (Å²) in [4.78, 5) is 12.0. The highest BCUT2D eigenvalue weighted by molar-refractivity contribution is 5.95. The fourth-order valence-electron chi connectivity index (χ4n) is 2.09. The van der Waals surface area contributed by atoms with Crippen LogP contribution in [0.25, 0.3) is 0 Å². The van der Waals surface area contributed by atoms with E-state index in [0.29, 0.717) is 17.7 Å². The summed E-state index contributed by atoms with van der Waals surface area (Å²) in [6.45, 7) is 2.25. The summed E-state index contributed by atoms with van der Waals surface area (Å²) in [5, 5.41) is 2.84. The predicted octanol–water partition coefficient (Wildman–Crippen LogP) is 3.12. The molecule has 0 aromatic heterocycles. The first-order valence-corrected chi connectivity index (χ1v) is 6.77. The van der Waals surface area contributed by atoms with E-state index in [-0.39, 0.29) is 11.7 Å². The molecule has 0 aliphatic heterocycles. The van der Waals surface area contributed by atoms with Crippen LogP contribution in [0.1, 0.15) is 21.5 Å². The predicted molar refractivity (Wildman–Crippen MR) is 80.2 cm³/mol. The number of carbonyl (C=O) groups excluding carboxylic acids is 1. The molecule has 0 saturated heterocycles. The van der Waals surface area contributed by atoms with Crippen molar-refractivity contribution in [3.05, 3.63) is 65.0 Å². The molecule has 1 amide bonds.